The average Bonchev–Trinajstić information content (AvgIpc) is 3.55. The summed E-state index contributed by atoms with van der Waals surface area (Å²) in [7, 11) is 4.54. The van der Waals surface area contributed by atoms with Crippen LogP contribution in [0.25, 0.3) is 0 Å². The van der Waals surface area contributed by atoms with E-state index in [1.165, 1.54) is 21.3 Å². The Labute approximate surface area is 237 Å². The van der Waals surface area contributed by atoms with E-state index in [0.717, 1.165) is 0 Å². The van der Waals surface area contributed by atoms with Crippen molar-refractivity contribution in [1.82, 2.24) is 5.32 Å². The molecule has 2 heterocycles. The fraction of sp³-hybridized carbons (Fsp3) is 0.483. The number of carbonyl (C=O) groups excluding carboxylic acids is 3. The first kappa shape index (κ1) is 28.2. The first-order chi connectivity index (χ1) is 19.5. The third kappa shape index (κ3) is 5.38. The van der Waals surface area contributed by atoms with E-state index in [2.05, 4.69) is 5.32 Å². The maximum absolute atomic E-state index is 13.3. The maximum Gasteiger partial charge on any atom is 0.408 e. The highest BCUT2D eigenvalue weighted by atomic mass is 16.7. The Balaban J connectivity index is 1.55. The van der Waals surface area contributed by atoms with Crippen molar-refractivity contribution in [2.24, 2.45) is 11.8 Å². The summed E-state index contributed by atoms with van der Waals surface area (Å²) in [4.78, 5) is 38.3. The number of fused-ring (bicyclic) bond motifs is 3. The molecule has 41 heavy (non-hydrogen) atoms. The van der Waals surface area contributed by atoms with Gasteiger partial charge in [0.05, 0.1) is 33.9 Å². The summed E-state index contributed by atoms with van der Waals surface area (Å²) in [6, 6.07) is 7.15. The van der Waals surface area contributed by atoms with E-state index in [4.69, 9.17) is 37.9 Å². The third-order valence-corrected chi connectivity index (χ3v) is 7.20. The molecule has 0 spiro atoms. The number of benzene rings is 2. The van der Waals surface area contributed by atoms with Crippen molar-refractivity contribution in [2.45, 2.75) is 38.4 Å². The van der Waals surface area contributed by atoms with Gasteiger partial charge in [-0.1, -0.05) is 0 Å². The summed E-state index contributed by atoms with van der Waals surface area (Å²) in [5.41, 5.74) is 1.32. The monoisotopic (exact) mass is 571 g/mol. The molecule has 0 saturated carbocycles. The molecule has 4 atom stereocenters. The molecular weight excluding hydrogens is 538 g/mol. The minimum atomic E-state index is -0.859. The molecule has 2 aliphatic heterocycles. The lowest BCUT2D eigenvalue weighted by Crippen LogP contribution is -2.39. The Morgan fingerprint density at radius 1 is 0.927 bits per heavy atom. The molecule has 220 valence electrons. The number of carbonyl (C=O) groups is 3. The van der Waals surface area contributed by atoms with Gasteiger partial charge in [-0.15, -0.1) is 0 Å². The number of alkyl carbamates (subject to hydrolysis) is 1. The molecule has 0 unspecified atom stereocenters. The van der Waals surface area contributed by atoms with E-state index >= 15 is 0 Å². The highest BCUT2D eigenvalue weighted by Crippen LogP contribution is 2.56. The van der Waals surface area contributed by atoms with Crippen molar-refractivity contribution in [2.75, 3.05) is 41.3 Å². The van der Waals surface area contributed by atoms with Crippen molar-refractivity contribution in [3.8, 4) is 28.7 Å². The SMILES string of the molecule is COc1cc([C@H]2c3cc4c(cc3[C@@H](OC(=O)CNC(=O)OC(C)(C)C)[C@@H]3COC(=O)[C@@H]23)OCO4)cc(OC)c1OC. The second-order valence-electron chi connectivity index (χ2n) is 10.9. The molecule has 1 N–H and O–H groups in total. The minimum absolute atomic E-state index is 0.0340. The van der Waals surface area contributed by atoms with Crippen molar-refractivity contribution >= 4 is 18.0 Å². The molecule has 2 aromatic rings. The predicted octanol–water partition coefficient (Wildman–Crippen LogP) is 3.48. The van der Waals surface area contributed by atoms with Crippen LogP contribution in [0.1, 0.15) is 49.5 Å². The van der Waals surface area contributed by atoms with Crippen LogP contribution in [0.4, 0.5) is 4.79 Å². The summed E-state index contributed by atoms with van der Waals surface area (Å²) in [6.07, 6.45) is -1.61. The zero-order valence-corrected chi connectivity index (χ0v) is 23.7. The Bertz CT molecular complexity index is 1340. The molecule has 1 aliphatic carbocycles. The molecule has 12 heteroatoms. The van der Waals surface area contributed by atoms with Gasteiger partial charge >= 0.3 is 18.0 Å². The quantitative estimate of drug-likeness (QED) is 0.386. The molecule has 5 rings (SSSR count). The van der Waals surface area contributed by atoms with E-state index in [1.54, 1.807) is 45.0 Å². The highest BCUT2D eigenvalue weighted by Gasteiger charge is 2.54. The smallest absolute Gasteiger partial charge is 0.408 e. The highest BCUT2D eigenvalue weighted by molar-refractivity contribution is 5.81. The van der Waals surface area contributed by atoms with Crippen LogP contribution in [0.15, 0.2) is 24.3 Å². The maximum atomic E-state index is 13.3. The van der Waals surface area contributed by atoms with Crippen molar-refractivity contribution in [3.05, 3.63) is 41.0 Å². The number of amides is 1. The van der Waals surface area contributed by atoms with Gasteiger partial charge in [-0.05, 0) is 56.2 Å². The molecule has 1 amide bonds. The van der Waals surface area contributed by atoms with Crippen LogP contribution in [0.2, 0.25) is 0 Å². The van der Waals surface area contributed by atoms with Gasteiger partial charge in [0.15, 0.2) is 23.0 Å². The zero-order valence-electron chi connectivity index (χ0n) is 23.7. The van der Waals surface area contributed by atoms with Crippen LogP contribution < -0.4 is 29.0 Å². The van der Waals surface area contributed by atoms with Gasteiger partial charge in [-0.25, -0.2) is 4.79 Å². The summed E-state index contributed by atoms with van der Waals surface area (Å²) < 4.78 is 44.6. The number of cyclic esters (lactones) is 1. The fourth-order valence-corrected chi connectivity index (χ4v) is 5.59. The van der Waals surface area contributed by atoms with Gasteiger partial charge in [-0.3, -0.25) is 9.59 Å². The van der Waals surface area contributed by atoms with E-state index in [0.29, 0.717) is 45.4 Å². The molecule has 1 saturated heterocycles. The lowest BCUT2D eigenvalue weighted by molar-refractivity contribution is -0.153. The van der Waals surface area contributed by atoms with Crippen LogP contribution in [0.3, 0.4) is 0 Å². The van der Waals surface area contributed by atoms with Crippen LogP contribution >= 0.6 is 0 Å². The number of methoxy groups -OCH3 is 3. The van der Waals surface area contributed by atoms with Gasteiger partial charge in [0.1, 0.15) is 18.2 Å². The van der Waals surface area contributed by atoms with Crippen LogP contribution in [0, 0.1) is 11.8 Å². The Morgan fingerprint density at radius 3 is 2.15 bits per heavy atom. The number of rotatable bonds is 7. The second-order valence-corrected chi connectivity index (χ2v) is 10.9. The Hall–Kier alpha value is -4.35. The molecule has 1 fully saturated rings. The molecule has 0 bridgehead atoms. The van der Waals surface area contributed by atoms with Crippen molar-refractivity contribution in [1.29, 1.82) is 0 Å². The number of hydrogen-bond donors (Lipinski definition) is 1. The summed E-state index contributed by atoms with van der Waals surface area (Å²) >= 11 is 0. The molecule has 12 nitrogen and oxygen atoms in total. The minimum Gasteiger partial charge on any atom is -0.493 e. The summed E-state index contributed by atoms with van der Waals surface area (Å²) in [6.45, 7) is 4.80. The summed E-state index contributed by atoms with van der Waals surface area (Å²) in [5.74, 6) is -0.626. The summed E-state index contributed by atoms with van der Waals surface area (Å²) in [5, 5.41) is 2.42. The van der Waals surface area contributed by atoms with E-state index in [-0.39, 0.29) is 13.4 Å². The van der Waals surface area contributed by atoms with Gasteiger partial charge in [0, 0.05) is 17.4 Å². The van der Waals surface area contributed by atoms with Crippen LogP contribution in [0.5, 0.6) is 28.7 Å². The van der Waals surface area contributed by atoms with Gasteiger partial charge in [0.25, 0.3) is 0 Å². The zero-order chi connectivity index (χ0) is 29.5. The first-order valence-electron chi connectivity index (χ1n) is 13.1. The number of hydrogen-bond acceptors (Lipinski definition) is 11. The molecule has 3 aliphatic rings. The largest absolute Gasteiger partial charge is 0.493 e. The molecule has 0 radical (unpaired) electrons. The molecule has 0 aromatic heterocycles. The Morgan fingerprint density at radius 2 is 1.56 bits per heavy atom. The fourth-order valence-electron chi connectivity index (χ4n) is 5.59. The first-order valence-corrected chi connectivity index (χ1v) is 13.1. The van der Waals surface area contributed by atoms with Gasteiger partial charge in [-0.2, -0.15) is 0 Å². The van der Waals surface area contributed by atoms with Crippen molar-refractivity contribution < 1.29 is 52.3 Å². The van der Waals surface area contributed by atoms with Crippen molar-refractivity contribution in [3.63, 3.8) is 0 Å². The lowest BCUT2D eigenvalue weighted by atomic mass is 9.66. The third-order valence-electron chi connectivity index (χ3n) is 7.20. The van der Waals surface area contributed by atoms with Gasteiger partial charge in [0.2, 0.25) is 12.5 Å². The number of ether oxygens (including phenoxy) is 8. The average molecular weight is 572 g/mol. The normalized spacial score (nSPS) is 22.1. The molecule has 2 aromatic carbocycles. The van der Waals surface area contributed by atoms with E-state index in [1.807, 2.05) is 0 Å². The van der Waals surface area contributed by atoms with Gasteiger partial charge < -0.3 is 43.2 Å². The Kier molecular flexibility index (Phi) is 7.50. The molecular formula is C29H33NO11. The topological polar surface area (TPSA) is 137 Å². The van der Waals surface area contributed by atoms with E-state index < -0.39 is 54.0 Å². The number of esters is 2. The lowest BCUT2D eigenvalue weighted by Gasteiger charge is -2.38. The van der Waals surface area contributed by atoms with Crippen LogP contribution in [-0.2, 0) is 23.8 Å². The second kappa shape index (κ2) is 10.9. The number of nitrogens with one attached hydrogen (secondary N) is 1. The standard InChI is InChI=1S/C29H33NO11/c1-29(2,3)41-28(33)30-11-22(31)40-25-16-10-19-18(38-13-39-19)9-15(16)23(24-17(25)12-37-27(24)32)14-7-20(34-4)26(36-6)21(8-14)35-5/h7-10,17,23-25H,11-13H2,1-6H3,(H,30,33)/t17-,23+,24-,25-/m1/s1. The predicted molar refractivity (Wildman–Crippen MR) is 142 cm³/mol. The van der Waals surface area contributed by atoms with E-state index in [9.17, 15) is 14.4 Å². The van der Waals surface area contributed by atoms with Crippen LogP contribution in [-0.4, -0.2) is 64.9 Å².